The third-order valence-corrected chi connectivity index (χ3v) is 4.10. The lowest BCUT2D eigenvalue weighted by Gasteiger charge is -2.16. The molecule has 108 valence electrons. The fourth-order valence-electron chi connectivity index (χ4n) is 1.92. The standard InChI is InChI=1S/C15H20FN3S/c1-3-8-17-15(12-9-18-19(2)10-12)11-20-14-6-4-13(16)5-7-14/h4-7,9-10,15,17H,3,8,11H2,1-2H3. The normalized spacial score (nSPS) is 12.6. The van der Waals surface area contributed by atoms with E-state index in [0.29, 0.717) is 0 Å². The van der Waals surface area contributed by atoms with Crippen molar-refractivity contribution in [3.8, 4) is 0 Å². The van der Waals surface area contributed by atoms with Crippen LogP contribution in [-0.2, 0) is 7.05 Å². The first-order chi connectivity index (χ1) is 9.69. The van der Waals surface area contributed by atoms with E-state index in [9.17, 15) is 4.39 Å². The summed E-state index contributed by atoms with van der Waals surface area (Å²) in [5.74, 6) is 0.708. The van der Waals surface area contributed by atoms with Gasteiger partial charge in [-0.1, -0.05) is 6.92 Å². The largest absolute Gasteiger partial charge is 0.309 e. The van der Waals surface area contributed by atoms with Crippen molar-refractivity contribution in [1.29, 1.82) is 0 Å². The maximum atomic E-state index is 12.9. The average molecular weight is 293 g/mol. The molecule has 0 aliphatic rings. The Kier molecular flexibility index (Phi) is 5.61. The minimum absolute atomic E-state index is 0.192. The van der Waals surface area contributed by atoms with Crippen LogP contribution in [0.3, 0.4) is 0 Å². The first kappa shape index (κ1) is 15.1. The van der Waals surface area contributed by atoms with Crippen LogP contribution in [-0.4, -0.2) is 22.1 Å². The van der Waals surface area contributed by atoms with Gasteiger partial charge in [0.2, 0.25) is 0 Å². The second-order valence-electron chi connectivity index (χ2n) is 4.72. The van der Waals surface area contributed by atoms with E-state index in [4.69, 9.17) is 0 Å². The van der Waals surface area contributed by atoms with Crippen molar-refractivity contribution >= 4 is 11.8 Å². The van der Waals surface area contributed by atoms with Gasteiger partial charge in [0.1, 0.15) is 5.82 Å². The van der Waals surface area contributed by atoms with E-state index >= 15 is 0 Å². The van der Waals surface area contributed by atoms with Gasteiger partial charge in [-0.3, -0.25) is 4.68 Å². The SMILES string of the molecule is CCCNC(CSc1ccc(F)cc1)c1cnn(C)c1. The highest BCUT2D eigenvalue weighted by molar-refractivity contribution is 7.99. The molecule has 1 aromatic carbocycles. The van der Waals surface area contributed by atoms with Gasteiger partial charge in [0, 0.05) is 35.5 Å². The number of benzene rings is 1. The Morgan fingerprint density at radius 1 is 1.35 bits per heavy atom. The van der Waals surface area contributed by atoms with Crippen LogP contribution in [0.1, 0.15) is 24.9 Å². The number of nitrogens with zero attached hydrogens (tertiary/aromatic N) is 2. The molecule has 0 aliphatic carbocycles. The highest BCUT2D eigenvalue weighted by Crippen LogP contribution is 2.24. The third-order valence-electron chi connectivity index (χ3n) is 3.00. The van der Waals surface area contributed by atoms with Crippen LogP contribution in [0.25, 0.3) is 0 Å². The number of rotatable bonds is 7. The summed E-state index contributed by atoms with van der Waals surface area (Å²) in [6, 6.07) is 6.90. The van der Waals surface area contributed by atoms with Gasteiger partial charge in [0.15, 0.2) is 0 Å². The Morgan fingerprint density at radius 2 is 2.10 bits per heavy atom. The number of aryl methyl sites for hydroxylation is 1. The minimum atomic E-state index is -0.192. The van der Waals surface area contributed by atoms with Crippen molar-refractivity contribution in [2.75, 3.05) is 12.3 Å². The highest BCUT2D eigenvalue weighted by atomic mass is 32.2. The molecule has 0 fully saturated rings. The van der Waals surface area contributed by atoms with Crippen LogP contribution in [0.2, 0.25) is 0 Å². The first-order valence-corrected chi connectivity index (χ1v) is 7.78. The first-order valence-electron chi connectivity index (χ1n) is 6.79. The number of aromatic nitrogens is 2. The Balaban J connectivity index is 1.98. The van der Waals surface area contributed by atoms with Crippen molar-refractivity contribution < 1.29 is 4.39 Å². The Bertz CT molecular complexity index is 524. The van der Waals surface area contributed by atoms with E-state index in [1.54, 1.807) is 11.8 Å². The lowest BCUT2D eigenvalue weighted by Crippen LogP contribution is -2.23. The molecular formula is C15H20FN3S. The van der Waals surface area contributed by atoms with Crippen molar-refractivity contribution in [1.82, 2.24) is 15.1 Å². The molecule has 1 N–H and O–H groups in total. The minimum Gasteiger partial charge on any atom is -0.309 e. The zero-order valence-corrected chi connectivity index (χ0v) is 12.7. The summed E-state index contributed by atoms with van der Waals surface area (Å²) in [6.45, 7) is 3.13. The molecule has 1 atom stereocenters. The Labute approximate surface area is 123 Å². The lowest BCUT2D eigenvalue weighted by atomic mass is 10.2. The molecule has 0 spiro atoms. The maximum Gasteiger partial charge on any atom is 0.123 e. The van der Waals surface area contributed by atoms with Crippen LogP contribution in [0.15, 0.2) is 41.6 Å². The molecule has 0 saturated heterocycles. The number of halogens is 1. The van der Waals surface area contributed by atoms with Gasteiger partial charge in [-0.2, -0.15) is 5.10 Å². The summed E-state index contributed by atoms with van der Waals surface area (Å²) in [6.07, 6.45) is 5.04. The number of thioether (sulfide) groups is 1. The van der Waals surface area contributed by atoms with Crippen molar-refractivity contribution in [3.05, 3.63) is 48.0 Å². The van der Waals surface area contributed by atoms with Gasteiger partial charge in [0.25, 0.3) is 0 Å². The summed E-state index contributed by atoms with van der Waals surface area (Å²) in [5, 5.41) is 7.76. The van der Waals surface area contributed by atoms with Crippen molar-refractivity contribution in [2.24, 2.45) is 7.05 Å². The van der Waals surface area contributed by atoms with Crippen LogP contribution < -0.4 is 5.32 Å². The molecule has 0 radical (unpaired) electrons. The Hall–Kier alpha value is -1.33. The van der Waals surface area contributed by atoms with Gasteiger partial charge in [-0.25, -0.2) is 4.39 Å². The highest BCUT2D eigenvalue weighted by Gasteiger charge is 2.13. The molecule has 0 aliphatic heterocycles. The molecule has 2 rings (SSSR count). The molecule has 1 aromatic heterocycles. The number of hydrogen-bond donors (Lipinski definition) is 1. The molecule has 1 unspecified atom stereocenters. The fraction of sp³-hybridized carbons (Fsp3) is 0.400. The second-order valence-corrected chi connectivity index (χ2v) is 5.81. The van der Waals surface area contributed by atoms with E-state index in [-0.39, 0.29) is 11.9 Å². The molecule has 0 saturated carbocycles. The smallest absolute Gasteiger partial charge is 0.123 e. The summed E-state index contributed by atoms with van der Waals surface area (Å²) in [5.41, 5.74) is 1.19. The zero-order chi connectivity index (χ0) is 14.4. The average Bonchev–Trinajstić information content (AvgIpc) is 2.87. The van der Waals surface area contributed by atoms with Gasteiger partial charge >= 0.3 is 0 Å². The number of hydrogen-bond acceptors (Lipinski definition) is 3. The fourth-order valence-corrected chi connectivity index (χ4v) is 2.92. The third kappa shape index (κ3) is 4.35. The predicted octanol–water partition coefficient (Wildman–Crippen LogP) is 3.39. The van der Waals surface area contributed by atoms with Crippen LogP contribution in [0, 0.1) is 5.82 Å². The molecule has 0 amide bonds. The second kappa shape index (κ2) is 7.45. The van der Waals surface area contributed by atoms with Crippen LogP contribution in [0.4, 0.5) is 4.39 Å². The molecule has 0 bridgehead atoms. The van der Waals surface area contributed by atoms with E-state index in [1.807, 2.05) is 36.3 Å². The van der Waals surface area contributed by atoms with E-state index in [0.717, 1.165) is 23.6 Å². The Morgan fingerprint density at radius 3 is 2.70 bits per heavy atom. The van der Waals surface area contributed by atoms with Crippen molar-refractivity contribution in [2.45, 2.75) is 24.3 Å². The lowest BCUT2D eigenvalue weighted by molar-refractivity contribution is 0.577. The molecule has 20 heavy (non-hydrogen) atoms. The van der Waals surface area contributed by atoms with Crippen molar-refractivity contribution in [3.63, 3.8) is 0 Å². The molecule has 1 heterocycles. The zero-order valence-electron chi connectivity index (χ0n) is 11.8. The maximum absolute atomic E-state index is 12.9. The summed E-state index contributed by atoms with van der Waals surface area (Å²) < 4.78 is 14.7. The monoisotopic (exact) mass is 293 g/mol. The van der Waals surface area contributed by atoms with E-state index in [1.165, 1.54) is 17.7 Å². The van der Waals surface area contributed by atoms with E-state index < -0.39 is 0 Å². The van der Waals surface area contributed by atoms with Gasteiger partial charge in [-0.05, 0) is 37.2 Å². The topological polar surface area (TPSA) is 29.9 Å². The molecule has 2 aromatic rings. The van der Waals surface area contributed by atoms with Crippen LogP contribution in [0.5, 0.6) is 0 Å². The van der Waals surface area contributed by atoms with Gasteiger partial charge in [-0.15, -0.1) is 11.8 Å². The quantitative estimate of drug-likeness (QED) is 0.794. The summed E-state index contributed by atoms with van der Waals surface area (Å²) in [7, 11) is 1.92. The summed E-state index contributed by atoms with van der Waals surface area (Å²) >= 11 is 1.73. The predicted molar refractivity (Wildman–Crippen MR) is 81.4 cm³/mol. The van der Waals surface area contributed by atoms with E-state index in [2.05, 4.69) is 17.3 Å². The van der Waals surface area contributed by atoms with Crippen LogP contribution >= 0.6 is 11.8 Å². The molecule has 3 nitrogen and oxygen atoms in total. The molecular weight excluding hydrogens is 273 g/mol. The number of nitrogens with one attached hydrogen (secondary N) is 1. The van der Waals surface area contributed by atoms with Gasteiger partial charge < -0.3 is 5.32 Å². The summed E-state index contributed by atoms with van der Waals surface area (Å²) in [4.78, 5) is 1.08. The van der Waals surface area contributed by atoms with Gasteiger partial charge in [0.05, 0.1) is 6.20 Å². The molecule has 5 heteroatoms.